The van der Waals surface area contributed by atoms with Gasteiger partial charge < -0.3 is 5.11 Å². The standard InChI is InChI=1S/C8H4F3N3O2/c9-8(10,11)7-13-5(6(15)16)4-3-12-1-2-14(4)7/h1-3H,(H,15,16). The van der Waals surface area contributed by atoms with E-state index in [9.17, 15) is 18.0 Å². The lowest BCUT2D eigenvalue weighted by Crippen LogP contribution is -2.10. The highest BCUT2D eigenvalue weighted by molar-refractivity contribution is 5.93. The molecule has 0 aliphatic heterocycles. The lowest BCUT2D eigenvalue weighted by molar-refractivity contribution is -0.145. The van der Waals surface area contributed by atoms with Gasteiger partial charge >= 0.3 is 12.1 Å². The lowest BCUT2D eigenvalue weighted by Gasteiger charge is -2.03. The van der Waals surface area contributed by atoms with Crippen molar-refractivity contribution in [2.75, 3.05) is 0 Å². The molecule has 2 aromatic heterocycles. The summed E-state index contributed by atoms with van der Waals surface area (Å²) in [5.74, 6) is -2.80. The van der Waals surface area contributed by atoms with E-state index in [4.69, 9.17) is 5.11 Å². The van der Waals surface area contributed by atoms with Gasteiger partial charge in [0.2, 0.25) is 5.82 Å². The number of alkyl halides is 3. The molecule has 8 heteroatoms. The van der Waals surface area contributed by atoms with Gasteiger partial charge in [0, 0.05) is 12.4 Å². The van der Waals surface area contributed by atoms with Gasteiger partial charge in [0.15, 0.2) is 5.69 Å². The number of carboxylic acids is 1. The summed E-state index contributed by atoms with van der Waals surface area (Å²) >= 11 is 0. The maximum absolute atomic E-state index is 12.5. The zero-order valence-corrected chi connectivity index (χ0v) is 7.56. The molecule has 0 saturated carbocycles. The van der Waals surface area contributed by atoms with Crippen LogP contribution in [0.5, 0.6) is 0 Å². The van der Waals surface area contributed by atoms with E-state index in [1.54, 1.807) is 0 Å². The monoisotopic (exact) mass is 231 g/mol. The number of imidazole rings is 1. The van der Waals surface area contributed by atoms with E-state index < -0.39 is 23.7 Å². The second-order valence-corrected chi connectivity index (χ2v) is 2.92. The molecule has 0 fully saturated rings. The molecule has 0 saturated heterocycles. The minimum Gasteiger partial charge on any atom is -0.476 e. The van der Waals surface area contributed by atoms with E-state index >= 15 is 0 Å². The predicted molar refractivity (Wildman–Crippen MR) is 44.9 cm³/mol. The number of nitrogens with zero attached hydrogens (tertiary/aromatic N) is 3. The maximum atomic E-state index is 12.5. The Balaban J connectivity index is 2.82. The first-order valence-electron chi connectivity index (χ1n) is 4.04. The Morgan fingerprint density at radius 1 is 1.44 bits per heavy atom. The Hall–Kier alpha value is -2.12. The van der Waals surface area contributed by atoms with Crippen molar-refractivity contribution in [3.63, 3.8) is 0 Å². The quantitative estimate of drug-likeness (QED) is 0.806. The van der Waals surface area contributed by atoms with Crippen molar-refractivity contribution in [3.8, 4) is 0 Å². The van der Waals surface area contributed by atoms with Gasteiger partial charge in [-0.3, -0.25) is 9.38 Å². The Labute approximate surface area is 86.2 Å². The summed E-state index contributed by atoms with van der Waals surface area (Å²) in [7, 11) is 0. The third kappa shape index (κ3) is 1.47. The molecular weight excluding hydrogens is 227 g/mol. The van der Waals surface area contributed by atoms with Crippen LogP contribution in [0.3, 0.4) is 0 Å². The van der Waals surface area contributed by atoms with E-state index in [1.807, 2.05) is 0 Å². The first kappa shape index (κ1) is 10.4. The van der Waals surface area contributed by atoms with Crippen molar-refractivity contribution < 1.29 is 23.1 Å². The van der Waals surface area contributed by atoms with Crippen LogP contribution >= 0.6 is 0 Å². The number of aromatic carboxylic acids is 1. The van der Waals surface area contributed by atoms with E-state index in [2.05, 4.69) is 9.97 Å². The summed E-state index contributed by atoms with van der Waals surface area (Å²) in [5, 5.41) is 8.69. The number of carboxylic acid groups (broad SMARTS) is 1. The molecule has 16 heavy (non-hydrogen) atoms. The molecule has 0 spiro atoms. The fourth-order valence-electron chi connectivity index (χ4n) is 1.30. The van der Waals surface area contributed by atoms with Gasteiger partial charge in [-0.25, -0.2) is 9.78 Å². The Morgan fingerprint density at radius 2 is 2.12 bits per heavy atom. The molecule has 0 bridgehead atoms. The van der Waals surface area contributed by atoms with Crippen molar-refractivity contribution in [1.82, 2.24) is 14.4 Å². The zero-order valence-electron chi connectivity index (χ0n) is 7.56. The van der Waals surface area contributed by atoms with Crippen LogP contribution in [0.25, 0.3) is 5.52 Å². The second kappa shape index (κ2) is 3.19. The van der Waals surface area contributed by atoms with Gasteiger partial charge in [-0.15, -0.1) is 0 Å². The fraction of sp³-hybridized carbons (Fsp3) is 0.125. The van der Waals surface area contributed by atoms with E-state index in [-0.39, 0.29) is 5.52 Å². The Kier molecular flexibility index (Phi) is 2.07. The second-order valence-electron chi connectivity index (χ2n) is 2.92. The number of carbonyl (C=O) groups is 1. The largest absolute Gasteiger partial charge is 0.476 e. The molecule has 0 aliphatic rings. The molecule has 1 N–H and O–H groups in total. The minimum absolute atomic E-state index is 0.192. The number of fused-ring (bicyclic) bond motifs is 1. The van der Waals surface area contributed by atoms with Crippen LogP contribution in [-0.2, 0) is 6.18 Å². The summed E-state index contributed by atoms with van der Waals surface area (Å²) in [4.78, 5) is 17.3. The van der Waals surface area contributed by atoms with E-state index in [0.717, 1.165) is 18.6 Å². The molecule has 2 rings (SSSR count). The van der Waals surface area contributed by atoms with Crippen molar-refractivity contribution in [1.29, 1.82) is 0 Å². The molecule has 0 unspecified atom stereocenters. The normalized spacial score (nSPS) is 11.9. The van der Waals surface area contributed by atoms with Crippen LogP contribution in [0, 0.1) is 0 Å². The van der Waals surface area contributed by atoms with Gasteiger partial charge in [-0.1, -0.05) is 0 Å². The van der Waals surface area contributed by atoms with Crippen molar-refractivity contribution in [2.45, 2.75) is 6.18 Å². The van der Waals surface area contributed by atoms with E-state index in [0.29, 0.717) is 4.40 Å². The molecule has 0 aliphatic carbocycles. The molecule has 2 heterocycles. The third-order valence-corrected chi connectivity index (χ3v) is 1.90. The Bertz CT molecular complexity index is 561. The first-order chi connectivity index (χ1) is 7.41. The molecule has 0 atom stereocenters. The van der Waals surface area contributed by atoms with Gasteiger partial charge in [0.25, 0.3) is 0 Å². The number of aromatic nitrogens is 3. The summed E-state index contributed by atoms with van der Waals surface area (Å²) in [6.07, 6.45) is -1.56. The van der Waals surface area contributed by atoms with Crippen LogP contribution in [-0.4, -0.2) is 25.4 Å². The van der Waals surface area contributed by atoms with Crippen molar-refractivity contribution >= 4 is 11.5 Å². The van der Waals surface area contributed by atoms with Gasteiger partial charge in [-0.2, -0.15) is 13.2 Å². The summed E-state index contributed by atoms with van der Waals surface area (Å²) < 4.78 is 38.1. The molecule has 2 aromatic rings. The summed E-state index contributed by atoms with van der Waals surface area (Å²) in [6.45, 7) is 0. The number of hydrogen-bond acceptors (Lipinski definition) is 3. The van der Waals surface area contributed by atoms with E-state index in [1.165, 1.54) is 0 Å². The molecule has 5 nitrogen and oxygen atoms in total. The van der Waals surface area contributed by atoms with Crippen LogP contribution in [0.15, 0.2) is 18.6 Å². The molecule has 84 valence electrons. The topological polar surface area (TPSA) is 67.5 Å². The minimum atomic E-state index is -4.71. The first-order valence-corrected chi connectivity index (χ1v) is 4.04. The smallest absolute Gasteiger partial charge is 0.450 e. The Morgan fingerprint density at radius 3 is 2.69 bits per heavy atom. The maximum Gasteiger partial charge on any atom is 0.450 e. The van der Waals surface area contributed by atoms with Crippen LogP contribution in [0.4, 0.5) is 13.2 Å². The molecule has 0 amide bonds. The van der Waals surface area contributed by atoms with Gasteiger partial charge in [0.1, 0.15) is 0 Å². The highest BCUT2D eigenvalue weighted by Crippen LogP contribution is 2.29. The summed E-state index contributed by atoms with van der Waals surface area (Å²) in [6, 6.07) is 0. The lowest BCUT2D eigenvalue weighted by atomic mass is 10.4. The fourth-order valence-corrected chi connectivity index (χ4v) is 1.30. The van der Waals surface area contributed by atoms with Crippen molar-refractivity contribution in [3.05, 3.63) is 30.1 Å². The molecule has 0 aromatic carbocycles. The highest BCUT2D eigenvalue weighted by atomic mass is 19.4. The van der Waals surface area contributed by atoms with Crippen LogP contribution in [0.1, 0.15) is 16.3 Å². The molecule has 0 radical (unpaired) electrons. The number of hydrogen-bond donors (Lipinski definition) is 1. The molecular formula is C8H4F3N3O2. The average molecular weight is 231 g/mol. The predicted octanol–water partition coefficient (Wildman–Crippen LogP) is 1.45. The van der Waals surface area contributed by atoms with Crippen molar-refractivity contribution in [2.24, 2.45) is 0 Å². The van der Waals surface area contributed by atoms with Crippen LogP contribution < -0.4 is 0 Å². The van der Waals surface area contributed by atoms with Gasteiger partial charge in [-0.05, 0) is 0 Å². The summed E-state index contributed by atoms with van der Waals surface area (Å²) in [5.41, 5.74) is -0.859. The third-order valence-electron chi connectivity index (χ3n) is 1.90. The highest BCUT2D eigenvalue weighted by Gasteiger charge is 2.38. The SMILES string of the molecule is O=C(O)c1nc(C(F)(F)F)n2ccncc12. The zero-order chi connectivity index (χ0) is 11.9. The van der Waals surface area contributed by atoms with Gasteiger partial charge in [0.05, 0.1) is 11.7 Å². The number of halogens is 3. The average Bonchev–Trinajstić information content (AvgIpc) is 2.56. The van der Waals surface area contributed by atoms with Crippen LogP contribution in [0.2, 0.25) is 0 Å². The number of rotatable bonds is 1.